The van der Waals surface area contributed by atoms with Gasteiger partial charge in [-0.2, -0.15) is 13.2 Å². The number of carbonyl (C=O) groups is 1. The number of halogens is 4. The Bertz CT molecular complexity index is 1480. The lowest BCUT2D eigenvalue weighted by Crippen LogP contribution is -2.37. The number of hydrogen-bond acceptors (Lipinski definition) is 7. The van der Waals surface area contributed by atoms with E-state index in [1.807, 2.05) is 0 Å². The third-order valence-electron chi connectivity index (χ3n) is 5.14. The van der Waals surface area contributed by atoms with Crippen LogP contribution in [0.4, 0.5) is 13.2 Å². The van der Waals surface area contributed by atoms with E-state index in [9.17, 15) is 27.9 Å². The Morgan fingerprint density at radius 2 is 1.89 bits per heavy atom. The molecule has 0 spiro atoms. The monoisotopic (exact) mass is 522 g/mol. The first kappa shape index (κ1) is 25.1. The highest BCUT2D eigenvalue weighted by Crippen LogP contribution is 2.24. The van der Waals surface area contributed by atoms with Crippen molar-refractivity contribution < 1.29 is 23.1 Å². The first-order valence-corrected chi connectivity index (χ1v) is 10.7. The highest BCUT2D eigenvalue weighted by atomic mass is 35.5. The number of aryl methyl sites for hydroxylation is 1. The number of rotatable bonds is 7. The summed E-state index contributed by atoms with van der Waals surface area (Å²) in [6.07, 6.45) is -4.76. The number of aliphatic hydroxyl groups excluding tert-OH is 1. The molecule has 0 aliphatic carbocycles. The first-order valence-electron chi connectivity index (χ1n) is 10.3. The van der Waals surface area contributed by atoms with Crippen LogP contribution in [-0.2, 0) is 13.1 Å². The molecule has 36 heavy (non-hydrogen) atoms. The SMILES string of the molecule is Cc1cnccc1-n1nc(Cn2nc(-c3ccc(Cl)cc3)n(C[C@H](O)C(F)(F)F)c2=O)nc1C(N)=O. The minimum atomic E-state index is -4.96. The number of aliphatic hydroxyl groups is 1. The van der Waals surface area contributed by atoms with Crippen LogP contribution < -0.4 is 11.4 Å². The standard InChI is InChI=1S/C21H18ClF3N8O3/c1-11-8-27-7-6-14(11)33-19(17(26)35)28-16(29-33)10-32-20(36)31(9-15(34)21(23,24)25)18(30-32)12-2-4-13(22)5-3-12/h2-8,15,34H,9-10H2,1H3,(H2,26,35)/t15-/m0/s1. The predicted octanol–water partition coefficient (Wildman–Crippen LogP) is 1.72. The van der Waals surface area contributed by atoms with Gasteiger partial charge in [-0.3, -0.25) is 14.3 Å². The molecule has 0 radical (unpaired) electrons. The smallest absolute Gasteiger partial charge is 0.382 e. The summed E-state index contributed by atoms with van der Waals surface area (Å²) in [6, 6.07) is 7.47. The van der Waals surface area contributed by atoms with Crippen LogP contribution in [0, 0.1) is 6.92 Å². The van der Waals surface area contributed by atoms with E-state index in [4.69, 9.17) is 17.3 Å². The number of amides is 1. The lowest BCUT2D eigenvalue weighted by atomic mass is 10.2. The van der Waals surface area contributed by atoms with E-state index in [0.717, 1.165) is 4.68 Å². The second-order valence-electron chi connectivity index (χ2n) is 7.73. The molecule has 0 saturated heterocycles. The molecule has 0 fully saturated rings. The molecule has 0 aliphatic heterocycles. The van der Waals surface area contributed by atoms with Crippen LogP contribution in [0.25, 0.3) is 17.1 Å². The summed E-state index contributed by atoms with van der Waals surface area (Å²) in [4.78, 5) is 33.1. The largest absolute Gasteiger partial charge is 0.416 e. The van der Waals surface area contributed by atoms with Gasteiger partial charge in [-0.15, -0.1) is 10.2 Å². The molecule has 0 aliphatic rings. The summed E-state index contributed by atoms with van der Waals surface area (Å²) in [6.45, 7) is 0.238. The fourth-order valence-electron chi connectivity index (χ4n) is 3.38. The summed E-state index contributed by atoms with van der Waals surface area (Å²) in [7, 11) is 0. The molecule has 0 saturated carbocycles. The van der Waals surface area contributed by atoms with Crippen LogP contribution in [0.1, 0.15) is 22.0 Å². The fraction of sp³-hybridized carbons (Fsp3) is 0.238. The Morgan fingerprint density at radius 3 is 2.50 bits per heavy atom. The van der Waals surface area contributed by atoms with Crippen molar-refractivity contribution in [1.29, 1.82) is 0 Å². The summed E-state index contributed by atoms with van der Waals surface area (Å²) in [5.74, 6) is -1.31. The molecule has 3 heterocycles. The highest BCUT2D eigenvalue weighted by molar-refractivity contribution is 6.30. The van der Waals surface area contributed by atoms with Crippen molar-refractivity contribution >= 4 is 17.5 Å². The van der Waals surface area contributed by atoms with Crippen LogP contribution in [-0.4, -0.2) is 57.4 Å². The Hall–Kier alpha value is -4.04. The Kier molecular flexibility index (Phi) is 6.65. The molecule has 1 aromatic carbocycles. The third kappa shape index (κ3) is 4.99. The zero-order valence-corrected chi connectivity index (χ0v) is 19.3. The molecule has 0 unspecified atom stereocenters. The van der Waals surface area contributed by atoms with E-state index in [1.165, 1.54) is 41.3 Å². The van der Waals surface area contributed by atoms with Gasteiger partial charge in [-0.1, -0.05) is 11.6 Å². The third-order valence-corrected chi connectivity index (χ3v) is 5.39. The maximum absolute atomic E-state index is 13.0. The van der Waals surface area contributed by atoms with Crippen molar-refractivity contribution in [2.45, 2.75) is 32.3 Å². The number of benzene rings is 1. The van der Waals surface area contributed by atoms with Crippen molar-refractivity contribution in [2.24, 2.45) is 5.73 Å². The summed E-state index contributed by atoms with van der Waals surface area (Å²) >= 11 is 5.89. The molecule has 11 nitrogen and oxygen atoms in total. The minimum Gasteiger partial charge on any atom is -0.382 e. The van der Waals surface area contributed by atoms with Gasteiger partial charge in [-0.25, -0.2) is 19.1 Å². The molecule has 0 bridgehead atoms. The maximum atomic E-state index is 13.0. The maximum Gasteiger partial charge on any atom is 0.416 e. The van der Waals surface area contributed by atoms with Gasteiger partial charge in [0.25, 0.3) is 5.91 Å². The topological polar surface area (TPSA) is 147 Å². The summed E-state index contributed by atoms with van der Waals surface area (Å²) in [5.41, 5.74) is 5.89. The molecular weight excluding hydrogens is 505 g/mol. The number of nitrogens with zero attached hydrogens (tertiary/aromatic N) is 7. The van der Waals surface area contributed by atoms with Gasteiger partial charge in [0.2, 0.25) is 5.82 Å². The van der Waals surface area contributed by atoms with E-state index < -0.39 is 37.0 Å². The Morgan fingerprint density at radius 1 is 1.19 bits per heavy atom. The van der Waals surface area contributed by atoms with Gasteiger partial charge in [0, 0.05) is 23.0 Å². The van der Waals surface area contributed by atoms with Gasteiger partial charge in [0.1, 0.15) is 6.54 Å². The molecule has 4 aromatic rings. The Balaban J connectivity index is 1.78. The number of aromatic nitrogens is 7. The van der Waals surface area contributed by atoms with Crippen molar-refractivity contribution in [3.63, 3.8) is 0 Å². The number of primary amides is 1. The van der Waals surface area contributed by atoms with Gasteiger partial charge in [-0.05, 0) is 42.8 Å². The van der Waals surface area contributed by atoms with Crippen LogP contribution in [0.15, 0.2) is 47.5 Å². The fourth-order valence-corrected chi connectivity index (χ4v) is 3.51. The molecule has 3 N–H and O–H groups in total. The van der Waals surface area contributed by atoms with E-state index in [2.05, 4.69) is 20.2 Å². The van der Waals surface area contributed by atoms with E-state index in [-0.39, 0.29) is 23.0 Å². The van der Waals surface area contributed by atoms with E-state index in [1.54, 1.807) is 13.0 Å². The number of hydrogen-bond donors (Lipinski definition) is 2. The lowest BCUT2D eigenvalue weighted by molar-refractivity contribution is -0.207. The summed E-state index contributed by atoms with van der Waals surface area (Å²) in [5, 5.41) is 18.4. The zero-order valence-electron chi connectivity index (χ0n) is 18.5. The van der Waals surface area contributed by atoms with E-state index in [0.29, 0.717) is 20.8 Å². The second kappa shape index (κ2) is 9.54. The minimum absolute atomic E-state index is 0.0502. The number of nitrogens with two attached hydrogens (primary N) is 1. The van der Waals surface area contributed by atoms with Crippen LogP contribution in [0.3, 0.4) is 0 Å². The van der Waals surface area contributed by atoms with E-state index >= 15 is 0 Å². The van der Waals surface area contributed by atoms with Crippen LogP contribution >= 0.6 is 11.6 Å². The number of alkyl halides is 3. The molecule has 1 atom stereocenters. The van der Waals surface area contributed by atoms with Crippen molar-refractivity contribution in [3.8, 4) is 17.1 Å². The molecular formula is C21H18ClF3N8O3. The van der Waals surface area contributed by atoms with Crippen molar-refractivity contribution in [1.82, 2.24) is 34.1 Å². The second-order valence-corrected chi connectivity index (χ2v) is 8.17. The molecule has 188 valence electrons. The summed E-state index contributed by atoms with van der Waals surface area (Å²) < 4.78 is 41.8. The van der Waals surface area contributed by atoms with Gasteiger partial charge in [0.05, 0.1) is 12.2 Å². The first-order chi connectivity index (χ1) is 17.0. The molecule has 1 amide bonds. The normalized spacial score (nSPS) is 12.6. The Labute approximate surface area is 205 Å². The van der Waals surface area contributed by atoms with Crippen molar-refractivity contribution in [3.05, 3.63) is 75.4 Å². The van der Waals surface area contributed by atoms with Crippen LogP contribution in [0.5, 0.6) is 0 Å². The zero-order chi connectivity index (χ0) is 26.2. The number of pyridine rings is 1. The lowest BCUT2D eigenvalue weighted by Gasteiger charge is -2.15. The predicted molar refractivity (Wildman–Crippen MR) is 121 cm³/mol. The van der Waals surface area contributed by atoms with Gasteiger partial charge >= 0.3 is 11.9 Å². The van der Waals surface area contributed by atoms with Crippen LogP contribution in [0.2, 0.25) is 5.02 Å². The average Bonchev–Trinajstić information content (AvgIpc) is 3.36. The highest BCUT2D eigenvalue weighted by Gasteiger charge is 2.39. The number of carbonyl (C=O) groups excluding carboxylic acids is 1. The quantitative estimate of drug-likeness (QED) is 0.375. The van der Waals surface area contributed by atoms with Gasteiger partial charge in [0.15, 0.2) is 17.8 Å². The van der Waals surface area contributed by atoms with Crippen molar-refractivity contribution in [2.75, 3.05) is 0 Å². The molecule has 15 heteroatoms. The molecule has 3 aromatic heterocycles. The molecule has 4 rings (SSSR count). The van der Waals surface area contributed by atoms with Gasteiger partial charge < -0.3 is 10.8 Å². The average molecular weight is 523 g/mol.